The van der Waals surface area contributed by atoms with Crippen LogP contribution in [0.25, 0.3) is 11.1 Å². The van der Waals surface area contributed by atoms with Gasteiger partial charge in [0.15, 0.2) is 0 Å². The minimum Gasteiger partial charge on any atom is -0.497 e. The zero-order valence-electron chi connectivity index (χ0n) is 14.5. The second-order valence-electron chi connectivity index (χ2n) is 5.61. The Balaban J connectivity index is 1.57. The number of pyridine rings is 1. The van der Waals surface area contributed by atoms with Crippen LogP contribution in [0.5, 0.6) is 11.5 Å². The molecule has 0 bridgehead atoms. The number of carbonyl (C=O) groups is 1. The summed E-state index contributed by atoms with van der Waals surface area (Å²) in [6.07, 6.45) is 3.29. The summed E-state index contributed by atoms with van der Waals surface area (Å²) in [6.45, 7) is 0.821. The predicted molar refractivity (Wildman–Crippen MR) is 100 cm³/mol. The minimum atomic E-state index is -0.176. The van der Waals surface area contributed by atoms with E-state index in [1.54, 1.807) is 19.5 Å². The SMILES string of the molecule is COc1ccc(-c2cncc(C(=O)NCCOc3ccccc3)c2)cc1. The van der Waals surface area contributed by atoms with Crippen molar-refractivity contribution >= 4 is 5.91 Å². The highest BCUT2D eigenvalue weighted by atomic mass is 16.5. The number of hydrogen-bond donors (Lipinski definition) is 1. The van der Waals surface area contributed by atoms with Crippen molar-refractivity contribution in [2.24, 2.45) is 0 Å². The fourth-order valence-corrected chi connectivity index (χ4v) is 2.46. The van der Waals surface area contributed by atoms with Crippen LogP contribution in [-0.2, 0) is 0 Å². The third-order valence-electron chi connectivity index (χ3n) is 3.82. The van der Waals surface area contributed by atoms with Gasteiger partial charge >= 0.3 is 0 Å². The molecule has 3 aromatic rings. The van der Waals surface area contributed by atoms with Crippen LogP contribution in [0.4, 0.5) is 0 Å². The first-order valence-electron chi connectivity index (χ1n) is 8.32. The van der Waals surface area contributed by atoms with Gasteiger partial charge in [-0.3, -0.25) is 9.78 Å². The van der Waals surface area contributed by atoms with Crippen LogP contribution >= 0.6 is 0 Å². The van der Waals surface area contributed by atoms with Crippen LogP contribution in [0.2, 0.25) is 0 Å². The van der Waals surface area contributed by atoms with Crippen molar-refractivity contribution in [3.05, 3.63) is 78.6 Å². The number of nitrogens with zero attached hydrogens (tertiary/aromatic N) is 1. The average Bonchev–Trinajstić information content (AvgIpc) is 2.72. The number of ether oxygens (including phenoxy) is 2. The fraction of sp³-hybridized carbons (Fsp3) is 0.143. The van der Waals surface area contributed by atoms with Gasteiger partial charge in [0, 0.05) is 18.0 Å². The molecule has 1 aromatic heterocycles. The number of hydrogen-bond acceptors (Lipinski definition) is 4. The predicted octanol–water partition coefficient (Wildman–Crippen LogP) is 3.57. The molecule has 0 atom stereocenters. The Morgan fingerprint density at radius 1 is 0.962 bits per heavy atom. The summed E-state index contributed by atoms with van der Waals surface area (Å²) in [5, 5.41) is 2.84. The Hall–Kier alpha value is -3.34. The summed E-state index contributed by atoms with van der Waals surface area (Å²) in [5.74, 6) is 1.39. The van der Waals surface area contributed by atoms with Crippen LogP contribution in [0.15, 0.2) is 73.1 Å². The van der Waals surface area contributed by atoms with Gasteiger partial charge in [0.25, 0.3) is 5.91 Å². The van der Waals surface area contributed by atoms with E-state index < -0.39 is 0 Å². The topological polar surface area (TPSA) is 60.5 Å². The summed E-state index contributed by atoms with van der Waals surface area (Å²) in [7, 11) is 1.63. The smallest absolute Gasteiger partial charge is 0.252 e. The van der Waals surface area contributed by atoms with E-state index in [0.717, 1.165) is 22.6 Å². The average molecular weight is 348 g/mol. The number of rotatable bonds is 7. The summed E-state index contributed by atoms with van der Waals surface area (Å²) in [6, 6.07) is 18.9. The van der Waals surface area contributed by atoms with Crippen LogP contribution in [0, 0.1) is 0 Å². The highest BCUT2D eigenvalue weighted by Gasteiger charge is 2.08. The van der Waals surface area contributed by atoms with Gasteiger partial charge in [0.1, 0.15) is 18.1 Å². The Morgan fingerprint density at radius 3 is 2.46 bits per heavy atom. The fourth-order valence-electron chi connectivity index (χ4n) is 2.46. The molecule has 0 aliphatic heterocycles. The van der Waals surface area contributed by atoms with Crippen molar-refractivity contribution < 1.29 is 14.3 Å². The number of aromatic nitrogens is 1. The lowest BCUT2D eigenvalue weighted by Crippen LogP contribution is -2.28. The molecular formula is C21H20N2O3. The Kier molecular flexibility index (Phi) is 5.83. The molecular weight excluding hydrogens is 328 g/mol. The van der Waals surface area contributed by atoms with Crippen molar-refractivity contribution in [1.29, 1.82) is 0 Å². The maximum atomic E-state index is 12.3. The summed E-state index contributed by atoms with van der Waals surface area (Å²) < 4.78 is 10.7. The minimum absolute atomic E-state index is 0.176. The van der Waals surface area contributed by atoms with Crippen molar-refractivity contribution in [1.82, 2.24) is 10.3 Å². The second-order valence-corrected chi connectivity index (χ2v) is 5.61. The lowest BCUT2D eigenvalue weighted by atomic mass is 10.1. The molecule has 0 unspecified atom stereocenters. The van der Waals surface area contributed by atoms with E-state index in [0.29, 0.717) is 18.7 Å². The molecule has 0 saturated heterocycles. The van der Waals surface area contributed by atoms with E-state index in [-0.39, 0.29) is 5.91 Å². The highest BCUT2D eigenvalue weighted by Crippen LogP contribution is 2.22. The van der Waals surface area contributed by atoms with E-state index in [2.05, 4.69) is 10.3 Å². The molecule has 0 radical (unpaired) electrons. The van der Waals surface area contributed by atoms with Crippen LogP contribution in [0.1, 0.15) is 10.4 Å². The molecule has 1 N–H and O–H groups in total. The highest BCUT2D eigenvalue weighted by molar-refractivity contribution is 5.95. The van der Waals surface area contributed by atoms with E-state index >= 15 is 0 Å². The Labute approximate surface area is 152 Å². The van der Waals surface area contributed by atoms with Gasteiger partial charge < -0.3 is 14.8 Å². The number of para-hydroxylation sites is 1. The number of amides is 1. The molecule has 5 nitrogen and oxygen atoms in total. The maximum absolute atomic E-state index is 12.3. The summed E-state index contributed by atoms with van der Waals surface area (Å²) in [4.78, 5) is 16.5. The van der Waals surface area contributed by atoms with Gasteiger partial charge in [-0.1, -0.05) is 30.3 Å². The van der Waals surface area contributed by atoms with Crippen LogP contribution < -0.4 is 14.8 Å². The number of methoxy groups -OCH3 is 1. The van der Waals surface area contributed by atoms with Gasteiger partial charge in [0.05, 0.1) is 19.2 Å². The third-order valence-corrected chi connectivity index (χ3v) is 3.82. The van der Waals surface area contributed by atoms with Gasteiger partial charge in [-0.05, 0) is 35.9 Å². The number of benzene rings is 2. The largest absolute Gasteiger partial charge is 0.497 e. The van der Waals surface area contributed by atoms with Gasteiger partial charge in [-0.25, -0.2) is 0 Å². The first-order chi connectivity index (χ1) is 12.8. The van der Waals surface area contributed by atoms with Crippen molar-refractivity contribution in [3.63, 3.8) is 0 Å². The molecule has 1 amide bonds. The normalized spacial score (nSPS) is 10.2. The van der Waals surface area contributed by atoms with Crippen LogP contribution in [0.3, 0.4) is 0 Å². The molecule has 132 valence electrons. The summed E-state index contributed by atoms with van der Waals surface area (Å²) in [5.41, 5.74) is 2.36. The lowest BCUT2D eigenvalue weighted by Gasteiger charge is -2.09. The Morgan fingerprint density at radius 2 is 1.73 bits per heavy atom. The molecule has 0 fully saturated rings. The summed E-state index contributed by atoms with van der Waals surface area (Å²) >= 11 is 0. The molecule has 1 heterocycles. The van der Waals surface area contributed by atoms with E-state index in [9.17, 15) is 4.79 Å². The molecule has 2 aromatic carbocycles. The molecule has 0 aliphatic rings. The second kappa shape index (κ2) is 8.67. The molecule has 0 spiro atoms. The van der Waals surface area contributed by atoms with Gasteiger partial charge in [-0.15, -0.1) is 0 Å². The van der Waals surface area contributed by atoms with E-state index in [1.807, 2.05) is 60.7 Å². The zero-order valence-corrected chi connectivity index (χ0v) is 14.5. The van der Waals surface area contributed by atoms with E-state index in [4.69, 9.17) is 9.47 Å². The number of nitrogens with one attached hydrogen (secondary N) is 1. The molecule has 26 heavy (non-hydrogen) atoms. The monoisotopic (exact) mass is 348 g/mol. The third kappa shape index (κ3) is 4.60. The lowest BCUT2D eigenvalue weighted by molar-refractivity contribution is 0.0946. The first-order valence-corrected chi connectivity index (χ1v) is 8.32. The maximum Gasteiger partial charge on any atom is 0.252 e. The van der Waals surface area contributed by atoms with Crippen molar-refractivity contribution in [3.8, 4) is 22.6 Å². The molecule has 3 rings (SSSR count). The van der Waals surface area contributed by atoms with Gasteiger partial charge in [-0.2, -0.15) is 0 Å². The van der Waals surface area contributed by atoms with E-state index in [1.165, 1.54) is 0 Å². The standard InChI is InChI=1S/C21H20N2O3/c1-25-19-9-7-16(8-10-19)17-13-18(15-22-14-17)21(24)23-11-12-26-20-5-3-2-4-6-20/h2-10,13-15H,11-12H2,1H3,(H,23,24). The van der Waals surface area contributed by atoms with Crippen molar-refractivity contribution in [2.45, 2.75) is 0 Å². The Bertz CT molecular complexity index is 849. The molecule has 0 aliphatic carbocycles. The quantitative estimate of drug-likeness (QED) is 0.663. The van der Waals surface area contributed by atoms with Crippen LogP contribution in [-0.4, -0.2) is 31.2 Å². The molecule has 0 saturated carbocycles. The first kappa shape index (κ1) is 17.5. The zero-order chi connectivity index (χ0) is 18.2. The van der Waals surface area contributed by atoms with Gasteiger partial charge in [0.2, 0.25) is 0 Å². The number of carbonyl (C=O) groups excluding carboxylic acids is 1. The molecule has 5 heteroatoms. The van der Waals surface area contributed by atoms with Crippen molar-refractivity contribution in [2.75, 3.05) is 20.3 Å².